The van der Waals surface area contributed by atoms with Crippen molar-refractivity contribution in [1.29, 1.82) is 0 Å². The van der Waals surface area contributed by atoms with Crippen LogP contribution in [0.2, 0.25) is 0 Å². The summed E-state index contributed by atoms with van der Waals surface area (Å²) >= 11 is 1.57. The standard InChI is InChI=1S/C26H32N2O5S/c1-4-5-15-28-24(30)14-13-21(25(28)20-11-6-7-12-22(20)32-2)26(31)33-17-23(29)27-18-9-8-10-19(16-18)34-3/h6-12,16,21,25H,4-5,13-15,17H2,1-3H3,(H,27,29). The van der Waals surface area contributed by atoms with Crippen molar-refractivity contribution in [3.8, 4) is 5.75 Å². The number of rotatable bonds is 10. The quantitative estimate of drug-likeness (QED) is 0.389. The average Bonchev–Trinajstić information content (AvgIpc) is 2.86. The molecule has 7 nitrogen and oxygen atoms in total. The Labute approximate surface area is 205 Å². The van der Waals surface area contributed by atoms with Crippen LogP contribution in [0.5, 0.6) is 5.75 Å². The lowest BCUT2D eigenvalue weighted by molar-refractivity contribution is -0.159. The smallest absolute Gasteiger partial charge is 0.311 e. The van der Waals surface area contributed by atoms with E-state index >= 15 is 0 Å². The van der Waals surface area contributed by atoms with E-state index in [1.807, 2.05) is 48.7 Å². The molecule has 3 rings (SSSR count). The van der Waals surface area contributed by atoms with Crippen LogP contribution in [-0.4, -0.2) is 49.2 Å². The van der Waals surface area contributed by atoms with E-state index < -0.39 is 23.8 Å². The van der Waals surface area contributed by atoms with E-state index in [1.165, 1.54) is 0 Å². The fourth-order valence-electron chi connectivity index (χ4n) is 4.23. The molecule has 0 spiro atoms. The summed E-state index contributed by atoms with van der Waals surface area (Å²) in [6.45, 7) is 2.22. The summed E-state index contributed by atoms with van der Waals surface area (Å²) in [4.78, 5) is 41.2. The Morgan fingerprint density at radius 2 is 1.97 bits per heavy atom. The number of amides is 2. The molecule has 8 heteroatoms. The molecule has 1 saturated heterocycles. The van der Waals surface area contributed by atoms with Crippen LogP contribution in [0.25, 0.3) is 0 Å². The monoisotopic (exact) mass is 484 g/mol. The molecule has 2 amide bonds. The van der Waals surface area contributed by atoms with Gasteiger partial charge in [-0.15, -0.1) is 11.8 Å². The number of ether oxygens (including phenoxy) is 2. The first kappa shape index (κ1) is 25.6. The molecule has 2 aromatic carbocycles. The largest absolute Gasteiger partial charge is 0.496 e. The van der Waals surface area contributed by atoms with Gasteiger partial charge in [0.2, 0.25) is 5.91 Å². The molecular weight excluding hydrogens is 452 g/mol. The number of para-hydroxylation sites is 1. The van der Waals surface area contributed by atoms with E-state index in [9.17, 15) is 14.4 Å². The molecule has 1 heterocycles. The molecular formula is C26H32N2O5S. The van der Waals surface area contributed by atoms with Crippen LogP contribution < -0.4 is 10.1 Å². The third-order valence-corrected chi connectivity index (χ3v) is 6.64. The molecule has 0 aliphatic carbocycles. The van der Waals surface area contributed by atoms with E-state index in [0.717, 1.165) is 23.3 Å². The van der Waals surface area contributed by atoms with Crippen LogP contribution in [0, 0.1) is 5.92 Å². The summed E-state index contributed by atoms with van der Waals surface area (Å²) in [6, 6.07) is 14.4. The number of piperidine rings is 1. The fraction of sp³-hybridized carbons (Fsp3) is 0.423. The van der Waals surface area contributed by atoms with Gasteiger partial charge in [-0.05, 0) is 43.4 Å². The van der Waals surface area contributed by atoms with Crippen LogP contribution in [-0.2, 0) is 19.1 Å². The van der Waals surface area contributed by atoms with E-state index in [1.54, 1.807) is 29.8 Å². The van der Waals surface area contributed by atoms with Crippen molar-refractivity contribution in [3.05, 3.63) is 54.1 Å². The third-order valence-electron chi connectivity index (χ3n) is 5.92. The Hall–Kier alpha value is -3.00. The number of anilines is 1. The van der Waals surface area contributed by atoms with Crippen LogP contribution in [0.3, 0.4) is 0 Å². The van der Waals surface area contributed by atoms with E-state index in [2.05, 4.69) is 12.2 Å². The molecule has 2 aromatic rings. The summed E-state index contributed by atoms with van der Waals surface area (Å²) in [5.41, 5.74) is 1.42. The van der Waals surface area contributed by atoms with Crippen molar-refractivity contribution < 1.29 is 23.9 Å². The first-order valence-corrected chi connectivity index (χ1v) is 12.7. The Morgan fingerprint density at radius 3 is 2.71 bits per heavy atom. The van der Waals surface area contributed by atoms with Crippen LogP contribution in [0.1, 0.15) is 44.2 Å². The topological polar surface area (TPSA) is 84.9 Å². The Bertz CT molecular complexity index is 1010. The van der Waals surface area contributed by atoms with Crippen molar-refractivity contribution in [1.82, 2.24) is 4.90 Å². The molecule has 1 fully saturated rings. The number of nitrogens with zero attached hydrogens (tertiary/aromatic N) is 1. The predicted octanol–water partition coefficient (Wildman–Crippen LogP) is 4.68. The molecule has 0 bridgehead atoms. The number of nitrogens with one attached hydrogen (secondary N) is 1. The minimum absolute atomic E-state index is 0.0137. The SMILES string of the molecule is CCCCN1C(=O)CCC(C(=O)OCC(=O)Nc2cccc(SC)c2)C1c1ccccc1OC. The number of esters is 1. The molecule has 1 N–H and O–H groups in total. The number of unbranched alkanes of at least 4 members (excludes halogenated alkanes) is 1. The highest BCUT2D eigenvalue weighted by Gasteiger charge is 2.42. The van der Waals surface area contributed by atoms with Gasteiger partial charge >= 0.3 is 5.97 Å². The lowest BCUT2D eigenvalue weighted by Gasteiger charge is -2.40. The molecule has 1 aliphatic heterocycles. The maximum atomic E-state index is 13.2. The zero-order valence-corrected chi connectivity index (χ0v) is 20.7. The van der Waals surface area contributed by atoms with E-state index in [4.69, 9.17) is 9.47 Å². The number of carbonyl (C=O) groups is 3. The van der Waals surface area contributed by atoms with Gasteiger partial charge in [-0.1, -0.05) is 37.6 Å². The van der Waals surface area contributed by atoms with Crippen molar-refractivity contribution in [3.63, 3.8) is 0 Å². The van der Waals surface area contributed by atoms with Crippen molar-refractivity contribution in [2.45, 2.75) is 43.5 Å². The summed E-state index contributed by atoms with van der Waals surface area (Å²) in [5.74, 6) is -0.848. The second kappa shape index (κ2) is 12.5. The first-order chi connectivity index (χ1) is 16.5. The normalized spacial score (nSPS) is 17.9. The maximum absolute atomic E-state index is 13.2. The Morgan fingerprint density at radius 1 is 1.18 bits per heavy atom. The number of benzene rings is 2. The highest BCUT2D eigenvalue weighted by Crippen LogP contribution is 2.41. The number of carbonyl (C=O) groups excluding carboxylic acids is 3. The average molecular weight is 485 g/mol. The minimum atomic E-state index is -0.585. The number of thioether (sulfide) groups is 1. The summed E-state index contributed by atoms with van der Waals surface area (Å²) < 4.78 is 11.0. The maximum Gasteiger partial charge on any atom is 0.311 e. The molecule has 2 unspecified atom stereocenters. The third kappa shape index (κ3) is 6.32. The highest BCUT2D eigenvalue weighted by molar-refractivity contribution is 7.98. The number of likely N-dealkylation sites (tertiary alicyclic amines) is 1. The van der Waals surface area contributed by atoms with Gasteiger partial charge < -0.3 is 19.7 Å². The van der Waals surface area contributed by atoms with E-state index in [-0.39, 0.29) is 18.9 Å². The van der Waals surface area contributed by atoms with Gasteiger partial charge in [0.15, 0.2) is 6.61 Å². The van der Waals surface area contributed by atoms with Gasteiger partial charge in [0.25, 0.3) is 5.91 Å². The zero-order valence-electron chi connectivity index (χ0n) is 19.9. The molecule has 0 aromatic heterocycles. The van der Waals surface area contributed by atoms with Crippen molar-refractivity contribution in [2.24, 2.45) is 5.92 Å². The number of methoxy groups -OCH3 is 1. The lowest BCUT2D eigenvalue weighted by Crippen LogP contribution is -2.46. The minimum Gasteiger partial charge on any atom is -0.496 e. The Balaban J connectivity index is 1.75. The summed E-state index contributed by atoms with van der Waals surface area (Å²) in [5, 5.41) is 2.77. The van der Waals surface area contributed by atoms with Crippen LogP contribution in [0.15, 0.2) is 53.4 Å². The number of hydrogen-bond acceptors (Lipinski definition) is 6. The molecule has 34 heavy (non-hydrogen) atoms. The predicted molar refractivity (Wildman–Crippen MR) is 133 cm³/mol. The molecule has 0 radical (unpaired) electrons. The van der Waals surface area contributed by atoms with Gasteiger partial charge in [-0.25, -0.2) is 0 Å². The van der Waals surface area contributed by atoms with Crippen LogP contribution in [0.4, 0.5) is 5.69 Å². The van der Waals surface area contributed by atoms with E-state index in [0.29, 0.717) is 24.4 Å². The zero-order chi connectivity index (χ0) is 24.5. The van der Waals surface area contributed by atoms with Gasteiger partial charge in [-0.2, -0.15) is 0 Å². The molecule has 2 atom stereocenters. The Kier molecular flexibility index (Phi) is 9.39. The molecule has 1 aliphatic rings. The van der Waals surface area contributed by atoms with Gasteiger partial charge in [0.1, 0.15) is 5.75 Å². The molecule has 182 valence electrons. The first-order valence-electron chi connectivity index (χ1n) is 11.5. The highest BCUT2D eigenvalue weighted by atomic mass is 32.2. The second-order valence-corrected chi connectivity index (χ2v) is 9.04. The van der Waals surface area contributed by atoms with Crippen molar-refractivity contribution in [2.75, 3.05) is 31.8 Å². The number of hydrogen-bond donors (Lipinski definition) is 1. The van der Waals surface area contributed by atoms with Gasteiger partial charge in [-0.3, -0.25) is 14.4 Å². The van der Waals surface area contributed by atoms with Crippen LogP contribution >= 0.6 is 11.8 Å². The lowest BCUT2D eigenvalue weighted by atomic mass is 9.83. The molecule has 0 saturated carbocycles. The summed E-state index contributed by atoms with van der Waals surface area (Å²) in [7, 11) is 1.57. The second-order valence-electron chi connectivity index (χ2n) is 8.16. The van der Waals surface area contributed by atoms with Gasteiger partial charge in [0.05, 0.1) is 19.1 Å². The van der Waals surface area contributed by atoms with Crippen molar-refractivity contribution >= 4 is 35.2 Å². The summed E-state index contributed by atoms with van der Waals surface area (Å²) in [6.07, 6.45) is 4.34. The van der Waals surface area contributed by atoms with Gasteiger partial charge in [0, 0.05) is 29.1 Å². The fourth-order valence-corrected chi connectivity index (χ4v) is 4.69.